The number of ether oxygens (including phenoxy) is 3. The molecule has 2 aromatic heterocycles. The third kappa shape index (κ3) is 9.89. The van der Waals surface area contributed by atoms with Crippen LogP contribution in [-0.4, -0.2) is 46.5 Å². The van der Waals surface area contributed by atoms with Crippen LogP contribution in [0.25, 0.3) is 22.2 Å². The lowest BCUT2D eigenvalue weighted by Crippen LogP contribution is -2.30. The van der Waals surface area contributed by atoms with Crippen LogP contribution in [0.15, 0.2) is 59.5 Å². The summed E-state index contributed by atoms with van der Waals surface area (Å²) in [5, 5.41) is 9.45. The van der Waals surface area contributed by atoms with Crippen LogP contribution in [0.5, 0.6) is 5.75 Å². The Morgan fingerprint density at radius 3 is 2.15 bits per heavy atom. The summed E-state index contributed by atoms with van der Waals surface area (Å²) in [5.74, 6) is 0.222. The number of carbonyl (C=O) groups excluding carboxylic acids is 3. The number of anilines is 3. The monoisotopic (exact) mass is 713 g/mol. The third-order valence-corrected chi connectivity index (χ3v) is 8.13. The molecule has 0 saturated carbocycles. The normalized spacial score (nSPS) is 11.4. The van der Waals surface area contributed by atoms with Crippen molar-refractivity contribution in [3.8, 4) is 16.9 Å². The largest absolute Gasteiger partial charge is 0.493 e. The first-order valence-corrected chi connectivity index (χ1v) is 17.8. The molecule has 4 aromatic rings. The molecule has 0 bridgehead atoms. The molecule has 0 radical (unpaired) electrons. The fourth-order valence-corrected chi connectivity index (χ4v) is 5.76. The summed E-state index contributed by atoms with van der Waals surface area (Å²) in [6.07, 6.45) is 1.88. The number of fused-ring (bicyclic) bond motifs is 1. The minimum absolute atomic E-state index is 0.0331. The molecule has 12 nitrogen and oxygen atoms in total. The van der Waals surface area contributed by atoms with Gasteiger partial charge in [-0.3, -0.25) is 19.5 Å². The van der Waals surface area contributed by atoms with E-state index in [1.165, 1.54) is 4.57 Å². The van der Waals surface area contributed by atoms with Crippen LogP contribution in [0.3, 0.4) is 0 Å². The predicted octanol–water partition coefficient (Wildman–Crippen LogP) is 9.04. The number of hydrogen-bond donors (Lipinski definition) is 3. The molecule has 0 fully saturated rings. The lowest BCUT2D eigenvalue weighted by molar-refractivity contribution is -0.143. The number of hydrogen-bond acceptors (Lipinski definition) is 8. The molecule has 0 unspecified atom stereocenters. The average molecular weight is 714 g/mol. The first-order valence-electron chi connectivity index (χ1n) is 17.8. The topological polar surface area (TPSA) is 150 Å². The zero-order chi connectivity index (χ0) is 38.2. The SMILES string of the molecule is CCC(=O)OCCCOc1cccc(-c2c(NC(=O)Nc3c(C(C)C)cc(NC(=O)OC(C)(C)C)cc3C(C)C)c(=O)n(CC)c3ncccc23)c1. The molecule has 0 aliphatic carbocycles. The highest BCUT2D eigenvalue weighted by Crippen LogP contribution is 2.37. The van der Waals surface area contributed by atoms with E-state index in [9.17, 15) is 19.2 Å². The molecule has 52 heavy (non-hydrogen) atoms. The molecule has 0 aliphatic rings. The maximum absolute atomic E-state index is 14.2. The molecule has 4 rings (SSSR count). The predicted molar refractivity (Wildman–Crippen MR) is 206 cm³/mol. The Bertz CT molecular complexity index is 1950. The Hall–Kier alpha value is -5.39. The minimum atomic E-state index is -0.667. The number of aromatic nitrogens is 2. The lowest BCUT2D eigenvalue weighted by Gasteiger charge is -2.24. The number of carbonyl (C=O) groups is 3. The number of rotatable bonds is 13. The smallest absolute Gasteiger partial charge is 0.412 e. The van der Waals surface area contributed by atoms with Crippen molar-refractivity contribution in [2.24, 2.45) is 0 Å². The standard InChI is InChI=1S/C40H51N5O7/c1-10-32(46)51-20-14-19-50-28-16-12-15-26(21-28)33-29-17-13-18-41-36(29)45(11-2)37(47)35(33)44-38(48)43-34-30(24(3)4)22-27(23-31(34)25(5)6)42-39(49)52-40(7,8)9/h12-13,15-18,21-25H,10-11,14,19-20H2,1-9H3,(H,42,49)(H2,43,44,48). The molecule has 2 aromatic carbocycles. The molecular weight excluding hydrogens is 662 g/mol. The first-order chi connectivity index (χ1) is 24.6. The van der Waals surface area contributed by atoms with Crippen LogP contribution in [0.4, 0.5) is 26.7 Å². The van der Waals surface area contributed by atoms with E-state index in [4.69, 9.17) is 14.2 Å². The van der Waals surface area contributed by atoms with Crippen LogP contribution < -0.4 is 26.2 Å². The van der Waals surface area contributed by atoms with Gasteiger partial charge in [0.2, 0.25) is 0 Å². The van der Waals surface area contributed by atoms with E-state index in [0.29, 0.717) is 65.3 Å². The number of aryl methyl sites for hydroxylation is 1. The molecular formula is C40H51N5O7. The molecule has 3 N–H and O–H groups in total. The van der Waals surface area contributed by atoms with Crippen molar-refractivity contribution in [3.05, 3.63) is 76.2 Å². The van der Waals surface area contributed by atoms with Crippen LogP contribution in [0.1, 0.15) is 98.1 Å². The number of nitrogens with zero attached hydrogens (tertiary/aromatic N) is 2. The van der Waals surface area contributed by atoms with Gasteiger partial charge in [0.25, 0.3) is 5.56 Å². The second-order valence-corrected chi connectivity index (χ2v) is 14.0. The second-order valence-electron chi connectivity index (χ2n) is 14.0. The summed E-state index contributed by atoms with van der Waals surface area (Å²) in [7, 11) is 0. The number of urea groups is 1. The van der Waals surface area contributed by atoms with E-state index in [1.54, 1.807) is 46.0 Å². The van der Waals surface area contributed by atoms with Crippen molar-refractivity contribution in [2.75, 3.05) is 29.2 Å². The van der Waals surface area contributed by atoms with E-state index >= 15 is 0 Å². The van der Waals surface area contributed by atoms with Crippen LogP contribution in [-0.2, 0) is 20.8 Å². The Balaban J connectivity index is 1.73. The summed E-state index contributed by atoms with van der Waals surface area (Å²) >= 11 is 0. The zero-order valence-electron chi connectivity index (χ0n) is 31.6. The van der Waals surface area contributed by atoms with Gasteiger partial charge in [0, 0.05) is 47.9 Å². The number of esters is 1. The van der Waals surface area contributed by atoms with Crippen LogP contribution >= 0.6 is 0 Å². The van der Waals surface area contributed by atoms with Gasteiger partial charge in [-0.1, -0.05) is 46.8 Å². The Kier molecular flexibility index (Phi) is 13.0. The fraction of sp³-hybridized carbons (Fsp3) is 0.425. The summed E-state index contributed by atoms with van der Waals surface area (Å²) in [5.41, 5.74) is 3.39. The van der Waals surface area contributed by atoms with E-state index in [1.807, 2.05) is 71.0 Å². The summed E-state index contributed by atoms with van der Waals surface area (Å²) in [4.78, 5) is 56.8. The van der Waals surface area contributed by atoms with Crippen LogP contribution in [0.2, 0.25) is 0 Å². The number of benzene rings is 2. The zero-order valence-corrected chi connectivity index (χ0v) is 31.6. The van der Waals surface area contributed by atoms with Crippen molar-refractivity contribution in [1.82, 2.24) is 9.55 Å². The highest BCUT2D eigenvalue weighted by Gasteiger charge is 2.24. The van der Waals surface area contributed by atoms with Gasteiger partial charge >= 0.3 is 18.1 Å². The van der Waals surface area contributed by atoms with E-state index in [-0.39, 0.29) is 30.1 Å². The van der Waals surface area contributed by atoms with Crippen molar-refractivity contribution < 1.29 is 28.6 Å². The molecule has 0 aliphatic heterocycles. The average Bonchev–Trinajstić information content (AvgIpc) is 3.08. The molecule has 2 heterocycles. The quantitative estimate of drug-likeness (QED) is 0.0918. The van der Waals surface area contributed by atoms with E-state index in [0.717, 1.165) is 11.1 Å². The van der Waals surface area contributed by atoms with Gasteiger partial charge in [0.15, 0.2) is 0 Å². The van der Waals surface area contributed by atoms with Crippen molar-refractivity contribution in [3.63, 3.8) is 0 Å². The van der Waals surface area contributed by atoms with Crippen molar-refractivity contribution in [1.29, 1.82) is 0 Å². The lowest BCUT2D eigenvalue weighted by atomic mass is 9.91. The maximum Gasteiger partial charge on any atom is 0.412 e. The first kappa shape index (κ1) is 39.4. The van der Waals surface area contributed by atoms with Gasteiger partial charge < -0.3 is 24.8 Å². The number of pyridine rings is 2. The van der Waals surface area contributed by atoms with Gasteiger partial charge in [-0.25, -0.2) is 14.6 Å². The minimum Gasteiger partial charge on any atom is -0.493 e. The van der Waals surface area contributed by atoms with Crippen LogP contribution in [0, 0.1) is 0 Å². The molecule has 278 valence electrons. The fourth-order valence-electron chi connectivity index (χ4n) is 5.76. The molecule has 0 saturated heterocycles. The molecule has 12 heteroatoms. The Morgan fingerprint density at radius 1 is 0.865 bits per heavy atom. The highest BCUT2D eigenvalue weighted by atomic mass is 16.6. The highest BCUT2D eigenvalue weighted by molar-refractivity contribution is 6.08. The van der Waals surface area contributed by atoms with Gasteiger partial charge in [-0.15, -0.1) is 0 Å². The molecule has 0 spiro atoms. The number of nitrogens with one attached hydrogen (secondary N) is 3. The van der Waals surface area contributed by atoms with E-state index in [2.05, 4.69) is 20.9 Å². The maximum atomic E-state index is 14.2. The molecule has 0 atom stereocenters. The van der Waals surface area contributed by atoms with Gasteiger partial charge in [-0.2, -0.15) is 0 Å². The Labute approximate surface area is 305 Å². The third-order valence-electron chi connectivity index (χ3n) is 8.13. The Morgan fingerprint density at radius 2 is 1.54 bits per heavy atom. The molecule has 3 amide bonds. The number of amides is 3. The van der Waals surface area contributed by atoms with Gasteiger partial charge in [0.1, 0.15) is 22.7 Å². The van der Waals surface area contributed by atoms with Gasteiger partial charge in [0.05, 0.1) is 13.2 Å². The summed E-state index contributed by atoms with van der Waals surface area (Å²) in [6.45, 7) is 17.9. The van der Waals surface area contributed by atoms with Gasteiger partial charge in [-0.05, 0) is 92.6 Å². The van der Waals surface area contributed by atoms with Crippen molar-refractivity contribution in [2.45, 2.75) is 99.1 Å². The summed E-state index contributed by atoms with van der Waals surface area (Å²) in [6, 6.07) is 14.0. The second kappa shape index (κ2) is 17.2. The summed E-state index contributed by atoms with van der Waals surface area (Å²) < 4.78 is 18.1. The van der Waals surface area contributed by atoms with Crippen molar-refractivity contribution >= 4 is 46.2 Å². The van der Waals surface area contributed by atoms with E-state index < -0.39 is 23.3 Å².